The van der Waals surface area contributed by atoms with Crippen LogP contribution in [0.3, 0.4) is 0 Å². The van der Waals surface area contributed by atoms with Crippen LogP contribution in [-0.2, 0) is 0 Å². The van der Waals surface area contributed by atoms with Gasteiger partial charge in [0.25, 0.3) is 0 Å². The molecule has 0 unspecified atom stereocenters. The number of hydrogen-bond acceptors (Lipinski definition) is 4. The molecule has 0 saturated heterocycles. The van der Waals surface area contributed by atoms with Crippen LogP contribution in [0, 0.1) is 6.92 Å². The van der Waals surface area contributed by atoms with E-state index in [-0.39, 0.29) is 0 Å². The summed E-state index contributed by atoms with van der Waals surface area (Å²) in [5.74, 6) is 1.95. The van der Waals surface area contributed by atoms with Gasteiger partial charge in [-0.25, -0.2) is 4.57 Å². The summed E-state index contributed by atoms with van der Waals surface area (Å²) in [6.45, 7) is 8.66. The number of anilines is 1. The van der Waals surface area contributed by atoms with Crippen LogP contribution in [0.5, 0.6) is 0 Å². The van der Waals surface area contributed by atoms with E-state index >= 15 is 0 Å². The van der Waals surface area contributed by atoms with Crippen molar-refractivity contribution in [3.05, 3.63) is 36.4 Å². The second-order valence-electron chi connectivity index (χ2n) is 3.32. The van der Waals surface area contributed by atoms with Gasteiger partial charge in [0, 0.05) is 13.5 Å². The minimum atomic E-state index is 0.612. The highest BCUT2D eigenvalue weighted by Crippen LogP contribution is 1.99. The van der Waals surface area contributed by atoms with Crippen molar-refractivity contribution >= 4 is 5.95 Å². The Balaban J connectivity index is 0.000000771. The molecule has 2 rings (SSSR count). The molecule has 0 spiro atoms. The van der Waals surface area contributed by atoms with Crippen LogP contribution in [-0.4, -0.2) is 21.5 Å². The van der Waals surface area contributed by atoms with E-state index in [9.17, 15) is 0 Å². The Bertz CT molecular complexity index is 470. The molecule has 0 fully saturated rings. The standard InChI is InChI=1S/C11H14N5.C2H6/c1-3-12-10-13-9(2)14-11(15-10)16-7-5-4-6-8-16;1-2/h4-8H,3H2,1-2H3,(H,12,13,14,15);1-2H3/q+1;. The highest BCUT2D eigenvalue weighted by Gasteiger charge is 2.13. The van der Waals surface area contributed by atoms with Crippen molar-refractivity contribution in [2.75, 3.05) is 11.9 Å². The van der Waals surface area contributed by atoms with E-state index in [0.717, 1.165) is 6.54 Å². The molecule has 1 N–H and O–H groups in total. The summed E-state index contributed by atoms with van der Waals surface area (Å²) in [7, 11) is 0. The average Bonchev–Trinajstić information content (AvgIpc) is 2.42. The molecule has 0 amide bonds. The first-order chi connectivity index (χ1) is 8.79. The Morgan fingerprint density at radius 3 is 2.33 bits per heavy atom. The largest absolute Gasteiger partial charge is 0.442 e. The van der Waals surface area contributed by atoms with Gasteiger partial charge in [-0.15, -0.1) is 0 Å². The van der Waals surface area contributed by atoms with E-state index in [0.29, 0.717) is 17.7 Å². The molecule has 0 aliphatic rings. The smallest absolute Gasteiger partial charge is 0.340 e. The number of nitrogens with one attached hydrogen (secondary N) is 1. The van der Waals surface area contributed by atoms with Gasteiger partial charge in [0.05, 0.1) is 12.4 Å². The van der Waals surface area contributed by atoms with Gasteiger partial charge in [-0.1, -0.05) is 24.9 Å². The fourth-order valence-corrected chi connectivity index (χ4v) is 1.35. The van der Waals surface area contributed by atoms with Gasteiger partial charge in [-0.3, -0.25) is 0 Å². The predicted octanol–water partition coefficient (Wildman–Crippen LogP) is 1.91. The number of hydrogen-bond donors (Lipinski definition) is 1. The molecule has 5 nitrogen and oxygen atoms in total. The van der Waals surface area contributed by atoms with Crippen molar-refractivity contribution in [1.29, 1.82) is 0 Å². The van der Waals surface area contributed by atoms with Crippen LogP contribution in [0.15, 0.2) is 30.6 Å². The monoisotopic (exact) mass is 246 g/mol. The number of aromatic nitrogens is 4. The van der Waals surface area contributed by atoms with Crippen LogP contribution < -0.4 is 9.88 Å². The summed E-state index contributed by atoms with van der Waals surface area (Å²) in [4.78, 5) is 12.8. The maximum Gasteiger partial charge on any atom is 0.442 e. The summed E-state index contributed by atoms with van der Waals surface area (Å²) in [6, 6.07) is 5.83. The Morgan fingerprint density at radius 2 is 1.72 bits per heavy atom. The first kappa shape index (κ1) is 14.0. The molecule has 18 heavy (non-hydrogen) atoms. The highest BCUT2D eigenvalue weighted by molar-refractivity contribution is 5.25. The van der Waals surface area contributed by atoms with E-state index in [2.05, 4.69) is 20.3 Å². The van der Waals surface area contributed by atoms with Gasteiger partial charge < -0.3 is 5.32 Å². The zero-order valence-electron chi connectivity index (χ0n) is 11.4. The van der Waals surface area contributed by atoms with E-state index in [4.69, 9.17) is 0 Å². The van der Waals surface area contributed by atoms with Crippen molar-refractivity contribution in [3.63, 3.8) is 0 Å². The van der Waals surface area contributed by atoms with Gasteiger partial charge in [-0.2, -0.15) is 4.98 Å². The summed E-state index contributed by atoms with van der Waals surface area (Å²) in [5, 5.41) is 3.08. The van der Waals surface area contributed by atoms with Gasteiger partial charge in [-0.05, 0) is 24.0 Å². The molecule has 0 aliphatic carbocycles. The quantitative estimate of drug-likeness (QED) is 0.841. The molecule has 2 aromatic heterocycles. The van der Waals surface area contributed by atoms with Crippen LogP contribution in [0.1, 0.15) is 26.6 Å². The molecule has 0 aliphatic heterocycles. The molecule has 96 valence electrons. The molecule has 0 atom stereocenters. The fourth-order valence-electron chi connectivity index (χ4n) is 1.35. The molecule has 2 aromatic rings. The van der Waals surface area contributed by atoms with E-state index in [1.807, 2.05) is 62.9 Å². The zero-order chi connectivity index (χ0) is 13.4. The average molecular weight is 246 g/mol. The van der Waals surface area contributed by atoms with E-state index in [1.165, 1.54) is 0 Å². The van der Waals surface area contributed by atoms with E-state index in [1.54, 1.807) is 0 Å². The minimum absolute atomic E-state index is 0.612. The minimum Gasteiger partial charge on any atom is -0.340 e. The van der Waals surface area contributed by atoms with Crippen molar-refractivity contribution < 1.29 is 4.57 Å². The molecule has 0 aromatic carbocycles. The van der Waals surface area contributed by atoms with Gasteiger partial charge >= 0.3 is 11.9 Å². The summed E-state index contributed by atoms with van der Waals surface area (Å²) >= 11 is 0. The molecular formula is C13H20N5+. The molecule has 0 bridgehead atoms. The van der Waals surface area contributed by atoms with Crippen molar-refractivity contribution in [1.82, 2.24) is 15.0 Å². The second kappa shape index (κ2) is 7.32. The molecule has 0 radical (unpaired) electrons. The second-order valence-corrected chi connectivity index (χ2v) is 3.32. The maximum absolute atomic E-state index is 4.32. The third-order valence-corrected chi connectivity index (χ3v) is 2.02. The van der Waals surface area contributed by atoms with Crippen LogP contribution in [0.25, 0.3) is 5.95 Å². The third-order valence-electron chi connectivity index (χ3n) is 2.02. The predicted molar refractivity (Wildman–Crippen MR) is 71.6 cm³/mol. The number of pyridine rings is 1. The number of aryl methyl sites for hydroxylation is 1. The van der Waals surface area contributed by atoms with Crippen molar-refractivity contribution in [2.45, 2.75) is 27.7 Å². The lowest BCUT2D eigenvalue weighted by Crippen LogP contribution is -2.32. The van der Waals surface area contributed by atoms with E-state index < -0.39 is 0 Å². The van der Waals surface area contributed by atoms with Crippen LogP contribution in [0.4, 0.5) is 5.95 Å². The summed E-state index contributed by atoms with van der Waals surface area (Å²) in [5.41, 5.74) is 0. The first-order valence-corrected chi connectivity index (χ1v) is 6.23. The molecule has 2 heterocycles. The van der Waals surface area contributed by atoms with Gasteiger partial charge in [0.15, 0.2) is 0 Å². The van der Waals surface area contributed by atoms with Crippen LogP contribution >= 0.6 is 0 Å². The Labute approximate surface area is 108 Å². The van der Waals surface area contributed by atoms with Crippen molar-refractivity contribution in [2.24, 2.45) is 0 Å². The Morgan fingerprint density at radius 1 is 1.06 bits per heavy atom. The highest BCUT2D eigenvalue weighted by atomic mass is 15.2. The Hall–Kier alpha value is -2.04. The lowest BCUT2D eigenvalue weighted by atomic mass is 10.5. The summed E-state index contributed by atoms with van der Waals surface area (Å²) in [6.07, 6.45) is 3.81. The fraction of sp³-hybridized carbons (Fsp3) is 0.385. The van der Waals surface area contributed by atoms with Crippen LogP contribution in [0.2, 0.25) is 0 Å². The SMILES string of the molecule is CC.CCNc1nc(C)nc(-[n+]2ccccc2)n1. The third kappa shape index (κ3) is 3.76. The van der Waals surface area contributed by atoms with Gasteiger partial charge in [0.2, 0.25) is 5.82 Å². The zero-order valence-corrected chi connectivity index (χ0v) is 11.4. The van der Waals surface area contributed by atoms with Crippen molar-refractivity contribution in [3.8, 4) is 5.95 Å². The first-order valence-electron chi connectivity index (χ1n) is 6.23. The maximum atomic E-state index is 4.32. The Kier molecular flexibility index (Phi) is 5.70. The number of nitrogens with zero attached hydrogens (tertiary/aromatic N) is 4. The molecular weight excluding hydrogens is 226 g/mol. The molecule has 0 saturated carbocycles. The molecule has 5 heteroatoms. The topological polar surface area (TPSA) is 54.6 Å². The van der Waals surface area contributed by atoms with Gasteiger partial charge in [0.1, 0.15) is 0 Å². The lowest BCUT2D eigenvalue weighted by molar-refractivity contribution is -0.603. The normalized spacial score (nSPS) is 9.33. The summed E-state index contributed by atoms with van der Waals surface area (Å²) < 4.78 is 1.86. The lowest BCUT2D eigenvalue weighted by Gasteiger charge is -1.98. The number of rotatable bonds is 3.